The molecular weight excluding hydrogens is 1370 g/mol. The third-order valence-corrected chi connectivity index (χ3v) is 20.9. The van der Waals surface area contributed by atoms with E-state index in [4.69, 9.17) is 19.3 Å². The van der Waals surface area contributed by atoms with Gasteiger partial charge in [0, 0.05) is 92.7 Å². The Labute approximate surface area is 621 Å². The third kappa shape index (κ3) is 22.0. The zero-order chi connectivity index (χ0) is 76.0. The van der Waals surface area contributed by atoms with Crippen molar-refractivity contribution >= 4 is 90.2 Å². The van der Waals surface area contributed by atoms with Gasteiger partial charge in [-0.3, -0.25) is 28.5 Å². The molecule has 0 spiro atoms. The molecule has 0 fully saturated rings. The summed E-state index contributed by atoms with van der Waals surface area (Å²) < 4.78 is 54.1. The summed E-state index contributed by atoms with van der Waals surface area (Å²) in [7, 11) is -4.15. The number of carboxylic acid groups (broad SMARTS) is 3. The minimum atomic E-state index is -4.15. The lowest BCUT2D eigenvalue weighted by Gasteiger charge is -2.28. The maximum atomic E-state index is 14.3. The summed E-state index contributed by atoms with van der Waals surface area (Å²) in [5.41, 5.74) is 9.57. The molecule has 1 aliphatic carbocycles. The number of anilines is 1. The molecule has 0 bridgehead atoms. The topological polar surface area (TPSA) is 305 Å². The van der Waals surface area contributed by atoms with E-state index in [2.05, 4.69) is 151 Å². The molecule has 0 saturated carbocycles. The molecule has 6 aromatic carbocycles. The van der Waals surface area contributed by atoms with Gasteiger partial charge in [-0.15, -0.1) is 0 Å². The molecule has 0 saturated heterocycles. The number of fused-ring (bicyclic) bond motifs is 6. The molecule has 21 nitrogen and oxygen atoms in total. The van der Waals surface area contributed by atoms with Crippen LogP contribution in [-0.4, -0.2) is 144 Å². The van der Waals surface area contributed by atoms with Crippen molar-refractivity contribution in [1.82, 2.24) is 16.0 Å². The van der Waals surface area contributed by atoms with Crippen molar-refractivity contribution in [2.75, 3.05) is 56.7 Å². The predicted molar refractivity (Wildman–Crippen MR) is 411 cm³/mol. The highest BCUT2D eigenvalue weighted by atomic mass is 32.2. The van der Waals surface area contributed by atoms with E-state index >= 15 is 0 Å². The Morgan fingerprint density at radius 2 is 1.31 bits per heavy atom. The van der Waals surface area contributed by atoms with Crippen LogP contribution in [0, 0.1) is 5.92 Å². The van der Waals surface area contributed by atoms with Crippen LogP contribution in [0.3, 0.4) is 0 Å². The van der Waals surface area contributed by atoms with Crippen molar-refractivity contribution in [2.24, 2.45) is 5.92 Å². The number of hydrogen-bond donors (Lipinski definition) is 7. The first-order chi connectivity index (χ1) is 50.8. The fraction of sp³-hybridized carbons (Fsp3) is 0.429. The molecule has 6 aromatic rings. The van der Waals surface area contributed by atoms with Crippen LogP contribution >= 0.6 is 0 Å². The van der Waals surface area contributed by atoms with Gasteiger partial charge in [-0.25, -0.2) is 9.59 Å². The van der Waals surface area contributed by atoms with E-state index in [1.165, 1.54) is 33.3 Å². The van der Waals surface area contributed by atoms with E-state index < -0.39 is 69.2 Å². The molecule has 0 radical (unpaired) electrons. The number of benzene rings is 6. The Morgan fingerprint density at radius 3 is 2.00 bits per heavy atom. The number of carbonyl (C=O) groups is 7. The summed E-state index contributed by atoms with van der Waals surface area (Å²) in [4.78, 5) is 90.4. The largest absolute Gasteiger partial charge is 0.481 e. The number of rotatable bonds is 42. The highest BCUT2D eigenvalue weighted by Crippen LogP contribution is 2.51. The quantitative estimate of drug-likeness (QED) is 0.0106. The van der Waals surface area contributed by atoms with E-state index in [1.807, 2.05) is 60.7 Å². The van der Waals surface area contributed by atoms with Crippen LogP contribution in [-0.2, 0) is 72.0 Å². The van der Waals surface area contributed by atoms with Gasteiger partial charge < -0.3 is 50.4 Å². The fourth-order valence-electron chi connectivity index (χ4n) is 14.6. The number of aliphatic carboxylic acids is 3. The standard InChI is InChI=1S/C84H101N5O16S/c1-6-7-15-47-88-70-41-33-59-23-11-13-28-66(59)77(70)83(2,3)73(88)43-35-61-25-18-26-62(36-44-74-84(4,5)78-67-29-14-12-24-60(67)34-42-71(78)89(74)48-16-17-53-106(100,101)102)79(61)105-65-38-31-58(32-39-65)54-63(80(95)96)56-72(91)69(55-57-21-9-8-10-22-57)86-75(92)45-50-104-52-51-103-49-20-27-64(90)37-40-68(81(97)98)87-82(99)85-46-19-30-76(93)94/h8-14,21-24,28-29,31-36,38-39,41-44,63,68-69H,6-7,15-20,25-27,30,37,40,45-56H2,1-5H3,(H6-,85,86,87,92,93,94,95,96,97,98,99,100,101,102)/p+1/t63-,68+,69+/m1/s1. The van der Waals surface area contributed by atoms with Gasteiger partial charge in [0.1, 0.15) is 29.9 Å². The Hall–Kier alpha value is -9.61. The number of nitrogens with zero attached hydrogens (tertiary/aromatic N) is 2. The fourth-order valence-corrected chi connectivity index (χ4v) is 15.2. The Kier molecular flexibility index (Phi) is 28.9. The van der Waals surface area contributed by atoms with Crippen molar-refractivity contribution in [3.8, 4) is 5.75 Å². The van der Waals surface area contributed by atoms with Crippen LogP contribution in [0.5, 0.6) is 5.75 Å². The van der Waals surface area contributed by atoms with E-state index in [9.17, 15) is 56.7 Å². The molecule has 3 atom stereocenters. The normalized spacial score (nSPS) is 16.3. The summed E-state index contributed by atoms with van der Waals surface area (Å²) >= 11 is 0. The van der Waals surface area contributed by atoms with Gasteiger partial charge in [0.2, 0.25) is 11.6 Å². The van der Waals surface area contributed by atoms with Crippen molar-refractivity contribution in [1.29, 1.82) is 0 Å². The smallest absolute Gasteiger partial charge is 0.326 e. The number of ether oxygens (including phenoxy) is 3. The van der Waals surface area contributed by atoms with Crippen LogP contribution in [0.2, 0.25) is 0 Å². The van der Waals surface area contributed by atoms with Gasteiger partial charge in [-0.05, 0) is 164 Å². The first-order valence-corrected chi connectivity index (χ1v) is 38.7. The monoisotopic (exact) mass is 1470 g/mol. The number of hydrogen-bond acceptors (Lipinski definition) is 13. The summed E-state index contributed by atoms with van der Waals surface area (Å²) in [6.07, 6.45) is 15.2. The maximum Gasteiger partial charge on any atom is 0.326 e. The molecule has 0 aromatic heterocycles. The number of carbonyl (C=O) groups excluding carboxylic acids is 4. The lowest BCUT2D eigenvalue weighted by molar-refractivity contribution is -0.438. The molecular formula is C84H102N5O16S+. The van der Waals surface area contributed by atoms with Gasteiger partial charge in [0.15, 0.2) is 11.5 Å². The molecule has 3 amide bonds. The lowest BCUT2D eigenvalue weighted by atomic mass is 9.78. The minimum Gasteiger partial charge on any atom is -0.481 e. The van der Waals surface area contributed by atoms with Gasteiger partial charge in [-0.2, -0.15) is 13.0 Å². The molecule has 2 heterocycles. The van der Waals surface area contributed by atoms with Crippen LogP contribution in [0.25, 0.3) is 21.5 Å². The molecule has 7 N–H and O–H groups in total. The average Bonchev–Trinajstić information content (AvgIpc) is 1.58. The Balaban J connectivity index is 0.886. The average molecular weight is 1470 g/mol. The van der Waals surface area contributed by atoms with Gasteiger partial charge in [0.05, 0.1) is 42.9 Å². The maximum absolute atomic E-state index is 14.3. The number of allylic oxidation sites excluding steroid dienone is 7. The van der Waals surface area contributed by atoms with E-state index in [0.717, 1.165) is 77.5 Å². The first kappa shape index (κ1) is 80.5. The molecule has 9 rings (SSSR count). The van der Waals surface area contributed by atoms with Gasteiger partial charge in [-0.1, -0.05) is 137 Å². The van der Waals surface area contributed by atoms with Gasteiger partial charge in [0.25, 0.3) is 10.1 Å². The Bertz CT molecular complexity index is 4420. The Morgan fingerprint density at radius 1 is 0.632 bits per heavy atom. The molecule has 3 aliphatic rings. The first-order valence-electron chi connectivity index (χ1n) is 37.1. The van der Waals surface area contributed by atoms with Crippen LogP contribution in [0.4, 0.5) is 16.2 Å². The number of ketones is 2. The number of unbranched alkanes of at least 4 members (excludes halogenated alkanes) is 3. The van der Waals surface area contributed by atoms with Crippen molar-refractivity contribution in [2.45, 2.75) is 173 Å². The highest BCUT2D eigenvalue weighted by molar-refractivity contribution is 7.85. The third-order valence-electron chi connectivity index (χ3n) is 20.1. The molecule has 0 unspecified atom stereocenters. The zero-order valence-electron chi connectivity index (χ0n) is 61.5. The minimum absolute atomic E-state index is 0.000264. The molecule has 2 aliphatic heterocycles. The van der Waals surface area contributed by atoms with Crippen molar-refractivity contribution < 1.29 is 80.6 Å². The SMILES string of the molecule is CCCCCN1/C(=C/C=C2\CCCC(/C=C/C3=[N+](CCCCS(=O)(=O)O)c4ccc5ccccc5c4C3(C)C)=C2Oc2ccc(C[C@H](CC(=O)[C@H](Cc3ccccc3)NC(=O)CCOCCOCCCC(=O)CC[C@H](NC(=O)NCCCC(=O)O)C(=O)O)C(=O)O)cc2)C(C)(C)c2c1ccc1ccccc21. The summed E-state index contributed by atoms with van der Waals surface area (Å²) in [5, 5.41) is 41.2. The number of urea groups is 1. The van der Waals surface area contributed by atoms with E-state index in [-0.39, 0.29) is 114 Å². The molecule has 22 heteroatoms. The molecule has 564 valence electrons. The second-order valence-corrected chi connectivity index (χ2v) is 30.3. The van der Waals surface area contributed by atoms with Crippen LogP contribution in [0.1, 0.15) is 160 Å². The zero-order valence-corrected chi connectivity index (χ0v) is 62.4. The van der Waals surface area contributed by atoms with Crippen molar-refractivity contribution in [3.05, 3.63) is 197 Å². The van der Waals surface area contributed by atoms with Crippen molar-refractivity contribution in [3.63, 3.8) is 0 Å². The van der Waals surface area contributed by atoms with E-state index in [1.54, 1.807) is 0 Å². The summed E-state index contributed by atoms with van der Waals surface area (Å²) in [6, 6.07) is 39.1. The number of amides is 3. The second-order valence-electron chi connectivity index (χ2n) is 28.7. The predicted octanol–water partition coefficient (Wildman–Crippen LogP) is 14.0. The summed E-state index contributed by atoms with van der Waals surface area (Å²) in [6.45, 7) is 13.2. The number of carboxylic acids is 3. The van der Waals surface area contributed by atoms with E-state index in [0.29, 0.717) is 42.9 Å². The second kappa shape index (κ2) is 38.1. The van der Waals surface area contributed by atoms with Crippen LogP contribution < -0.4 is 25.6 Å². The number of Topliss-reactive ketones (excluding diaryl/α,β-unsaturated/α-hetero) is 2. The lowest BCUT2D eigenvalue weighted by Crippen LogP contribution is -2.46. The van der Waals surface area contributed by atoms with Crippen LogP contribution in [0.15, 0.2) is 174 Å². The molecule has 106 heavy (non-hydrogen) atoms. The van der Waals surface area contributed by atoms with Gasteiger partial charge >= 0.3 is 23.9 Å². The number of nitrogens with one attached hydrogen (secondary N) is 3. The summed E-state index contributed by atoms with van der Waals surface area (Å²) in [5.74, 6) is -4.84. The highest BCUT2D eigenvalue weighted by Gasteiger charge is 2.46.